The van der Waals surface area contributed by atoms with Crippen LogP contribution in [0.15, 0.2) is 24.2 Å². The molecular formula is C11H13BO3. The molecule has 1 aromatic carbocycles. The molecule has 3 nitrogen and oxygen atoms in total. The SMILES string of the molecule is OB(O)C=Cc1ccc2c(c1)CCCO2. The molecule has 2 rings (SSSR count). The lowest BCUT2D eigenvalue weighted by atomic mass is 9.90. The van der Waals surface area contributed by atoms with Gasteiger partial charge in [0.25, 0.3) is 0 Å². The van der Waals surface area contributed by atoms with E-state index in [-0.39, 0.29) is 0 Å². The van der Waals surface area contributed by atoms with Crippen LogP contribution in [0.5, 0.6) is 5.75 Å². The minimum Gasteiger partial charge on any atom is -0.493 e. The summed E-state index contributed by atoms with van der Waals surface area (Å²) in [7, 11) is -1.39. The van der Waals surface area contributed by atoms with E-state index in [9.17, 15) is 0 Å². The first-order valence-electron chi connectivity index (χ1n) is 5.06. The first kappa shape index (κ1) is 10.3. The van der Waals surface area contributed by atoms with Crippen LogP contribution in [0.2, 0.25) is 0 Å². The largest absolute Gasteiger partial charge is 0.493 e. The summed E-state index contributed by atoms with van der Waals surface area (Å²) in [5.41, 5.74) is 2.16. The Balaban J connectivity index is 2.20. The van der Waals surface area contributed by atoms with Crippen molar-refractivity contribution in [3.8, 4) is 5.75 Å². The third kappa shape index (κ3) is 2.61. The van der Waals surface area contributed by atoms with Gasteiger partial charge in [0.2, 0.25) is 0 Å². The molecule has 4 heteroatoms. The van der Waals surface area contributed by atoms with Crippen molar-refractivity contribution in [2.24, 2.45) is 0 Å². The zero-order valence-electron chi connectivity index (χ0n) is 8.39. The maximum Gasteiger partial charge on any atom is 0.480 e. The fourth-order valence-corrected chi connectivity index (χ4v) is 1.68. The van der Waals surface area contributed by atoms with Crippen LogP contribution in [0.1, 0.15) is 17.5 Å². The molecule has 0 radical (unpaired) electrons. The molecule has 0 saturated heterocycles. The molecule has 1 aromatic rings. The zero-order valence-corrected chi connectivity index (χ0v) is 8.39. The molecule has 0 fully saturated rings. The van der Waals surface area contributed by atoms with E-state index in [2.05, 4.69) is 0 Å². The van der Waals surface area contributed by atoms with Gasteiger partial charge >= 0.3 is 7.12 Å². The fourth-order valence-electron chi connectivity index (χ4n) is 1.68. The van der Waals surface area contributed by atoms with E-state index in [1.54, 1.807) is 6.08 Å². The van der Waals surface area contributed by atoms with Crippen molar-refractivity contribution in [2.45, 2.75) is 12.8 Å². The van der Waals surface area contributed by atoms with Gasteiger partial charge in [-0.1, -0.05) is 18.1 Å². The summed E-state index contributed by atoms with van der Waals surface area (Å²) in [6.45, 7) is 0.789. The molecule has 0 atom stereocenters. The van der Waals surface area contributed by atoms with Crippen molar-refractivity contribution in [1.29, 1.82) is 0 Å². The van der Waals surface area contributed by atoms with Crippen LogP contribution in [0, 0.1) is 0 Å². The molecule has 0 spiro atoms. The van der Waals surface area contributed by atoms with E-state index >= 15 is 0 Å². The molecule has 0 amide bonds. The second kappa shape index (κ2) is 4.51. The van der Waals surface area contributed by atoms with Crippen LogP contribution >= 0.6 is 0 Å². The number of ether oxygens (including phenoxy) is 1. The molecule has 1 heterocycles. The predicted octanol–water partition coefficient (Wildman–Crippen LogP) is 1.04. The maximum atomic E-state index is 8.70. The van der Waals surface area contributed by atoms with Crippen LogP contribution in [0.3, 0.4) is 0 Å². The second-order valence-electron chi connectivity index (χ2n) is 3.59. The summed E-state index contributed by atoms with van der Waals surface area (Å²) in [5.74, 6) is 2.29. The van der Waals surface area contributed by atoms with Crippen LogP contribution in [-0.2, 0) is 6.42 Å². The number of fused-ring (bicyclic) bond motifs is 1. The monoisotopic (exact) mass is 204 g/mol. The highest BCUT2D eigenvalue weighted by molar-refractivity contribution is 6.48. The number of hydrogen-bond donors (Lipinski definition) is 2. The molecule has 15 heavy (non-hydrogen) atoms. The maximum absolute atomic E-state index is 8.70. The van der Waals surface area contributed by atoms with Gasteiger partial charge in [0.1, 0.15) is 5.75 Å². The Morgan fingerprint density at radius 3 is 3.00 bits per heavy atom. The lowest BCUT2D eigenvalue weighted by molar-refractivity contribution is 0.288. The van der Waals surface area contributed by atoms with Crippen molar-refractivity contribution < 1.29 is 14.8 Å². The third-order valence-corrected chi connectivity index (χ3v) is 2.39. The van der Waals surface area contributed by atoms with Crippen LogP contribution in [0.4, 0.5) is 0 Å². The van der Waals surface area contributed by atoms with Gasteiger partial charge in [-0.25, -0.2) is 0 Å². The lowest BCUT2D eigenvalue weighted by Crippen LogP contribution is -2.08. The van der Waals surface area contributed by atoms with Crippen LogP contribution in [-0.4, -0.2) is 23.8 Å². The van der Waals surface area contributed by atoms with E-state index in [4.69, 9.17) is 14.8 Å². The summed E-state index contributed by atoms with van der Waals surface area (Å²) < 4.78 is 5.48. The van der Waals surface area contributed by atoms with E-state index in [1.807, 2.05) is 18.2 Å². The van der Waals surface area contributed by atoms with Gasteiger partial charge < -0.3 is 14.8 Å². The van der Waals surface area contributed by atoms with Gasteiger partial charge in [0, 0.05) is 0 Å². The molecule has 0 aliphatic carbocycles. The standard InChI is InChI=1S/C11H13BO3/c13-12(14)6-5-9-3-4-11-10(8-9)2-1-7-15-11/h3-6,8,13-14H,1-2,7H2. The average molecular weight is 204 g/mol. The average Bonchev–Trinajstić information content (AvgIpc) is 2.26. The minimum absolute atomic E-state index is 0.789. The first-order valence-corrected chi connectivity index (χ1v) is 5.06. The highest BCUT2D eigenvalue weighted by Crippen LogP contribution is 2.25. The Labute approximate surface area is 89.2 Å². The Morgan fingerprint density at radius 1 is 1.33 bits per heavy atom. The normalized spacial score (nSPS) is 14.8. The molecular weight excluding hydrogens is 191 g/mol. The molecule has 78 valence electrons. The highest BCUT2D eigenvalue weighted by Gasteiger charge is 2.09. The van der Waals surface area contributed by atoms with E-state index in [1.165, 1.54) is 11.5 Å². The van der Waals surface area contributed by atoms with E-state index in [0.717, 1.165) is 30.8 Å². The van der Waals surface area contributed by atoms with Gasteiger partial charge in [-0.3, -0.25) is 0 Å². The zero-order chi connectivity index (χ0) is 10.7. The number of rotatable bonds is 2. The minimum atomic E-state index is -1.39. The lowest BCUT2D eigenvalue weighted by Gasteiger charge is -2.17. The third-order valence-electron chi connectivity index (χ3n) is 2.39. The Bertz CT molecular complexity index is 374. The van der Waals surface area contributed by atoms with Gasteiger partial charge in [0.15, 0.2) is 0 Å². The van der Waals surface area contributed by atoms with Crippen molar-refractivity contribution in [3.05, 3.63) is 35.3 Å². The number of benzene rings is 1. The number of hydrogen-bond acceptors (Lipinski definition) is 3. The second-order valence-corrected chi connectivity index (χ2v) is 3.59. The van der Waals surface area contributed by atoms with Crippen molar-refractivity contribution in [3.63, 3.8) is 0 Å². The number of aryl methyl sites for hydroxylation is 1. The summed E-state index contributed by atoms with van der Waals surface area (Å²) in [5, 5.41) is 17.4. The quantitative estimate of drug-likeness (QED) is 0.707. The van der Waals surface area contributed by atoms with E-state index < -0.39 is 7.12 Å². The van der Waals surface area contributed by atoms with Crippen molar-refractivity contribution >= 4 is 13.2 Å². The molecule has 0 unspecified atom stereocenters. The first-order chi connectivity index (χ1) is 7.25. The van der Waals surface area contributed by atoms with Crippen molar-refractivity contribution in [1.82, 2.24) is 0 Å². The molecule has 0 bridgehead atoms. The van der Waals surface area contributed by atoms with Gasteiger partial charge in [-0.2, -0.15) is 0 Å². The molecule has 2 N–H and O–H groups in total. The highest BCUT2D eigenvalue weighted by atomic mass is 16.5. The molecule has 0 saturated carbocycles. The summed E-state index contributed by atoms with van der Waals surface area (Å²) in [6.07, 6.45) is 3.76. The van der Waals surface area contributed by atoms with Gasteiger partial charge in [-0.15, -0.1) is 0 Å². The summed E-state index contributed by atoms with van der Waals surface area (Å²) in [4.78, 5) is 0. The Hall–Kier alpha value is -1.26. The fraction of sp³-hybridized carbons (Fsp3) is 0.273. The Morgan fingerprint density at radius 2 is 2.20 bits per heavy atom. The van der Waals surface area contributed by atoms with Crippen molar-refractivity contribution in [2.75, 3.05) is 6.61 Å². The topological polar surface area (TPSA) is 49.7 Å². The van der Waals surface area contributed by atoms with Crippen LogP contribution in [0.25, 0.3) is 6.08 Å². The van der Waals surface area contributed by atoms with E-state index in [0.29, 0.717) is 0 Å². The summed E-state index contributed by atoms with van der Waals surface area (Å²) in [6, 6.07) is 5.86. The smallest absolute Gasteiger partial charge is 0.480 e. The Kier molecular flexibility index (Phi) is 3.09. The summed E-state index contributed by atoms with van der Waals surface area (Å²) >= 11 is 0. The molecule has 0 aromatic heterocycles. The van der Waals surface area contributed by atoms with Crippen LogP contribution < -0.4 is 4.74 Å². The predicted molar refractivity (Wildman–Crippen MR) is 59.5 cm³/mol. The van der Waals surface area contributed by atoms with Gasteiger partial charge in [-0.05, 0) is 36.1 Å². The van der Waals surface area contributed by atoms with Gasteiger partial charge in [0.05, 0.1) is 6.61 Å². The molecule has 1 aliphatic rings. The molecule has 1 aliphatic heterocycles.